The van der Waals surface area contributed by atoms with Crippen molar-refractivity contribution in [2.75, 3.05) is 0 Å². The van der Waals surface area contributed by atoms with Crippen molar-refractivity contribution < 1.29 is 23.0 Å². The van der Waals surface area contributed by atoms with Gasteiger partial charge < -0.3 is 0 Å². The first-order valence-electron chi connectivity index (χ1n) is 6.74. The third kappa shape index (κ3) is 3.46. The van der Waals surface area contributed by atoms with Crippen molar-refractivity contribution in [1.29, 1.82) is 0 Å². The van der Waals surface area contributed by atoms with Gasteiger partial charge in [-0.3, -0.25) is 20.2 Å². The van der Waals surface area contributed by atoms with Crippen LogP contribution in [0.15, 0.2) is 45.6 Å². The fraction of sp³-hybridized carbons (Fsp3) is 0.0714. The molecule has 0 atom stereocenters. The number of fused-ring (bicyclic) bond motifs is 1. The van der Waals surface area contributed by atoms with Crippen LogP contribution >= 0.6 is 23.1 Å². The Labute approximate surface area is 150 Å². The third-order valence-electron chi connectivity index (χ3n) is 3.23. The van der Waals surface area contributed by atoms with E-state index in [0.717, 1.165) is 16.0 Å². The van der Waals surface area contributed by atoms with Gasteiger partial charge in [-0.1, -0.05) is 12.1 Å². The van der Waals surface area contributed by atoms with Gasteiger partial charge in [-0.2, -0.15) is 13.2 Å². The molecule has 134 valence electrons. The summed E-state index contributed by atoms with van der Waals surface area (Å²) in [7, 11) is 0. The monoisotopic (exact) mass is 401 g/mol. The highest BCUT2D eigenvalue weighted by Gasteiger charge is 2.38. The summed E-state index contributed by atoms with van der Waals surface area (Å²) >= 11 is 1.73. The zero-order valence-corrected chi connectivity index (χ0v) is 14.0. The molecule has 1 heterocycles. The van der Waals surface area contributed by atoms with Gasteiger partial charge in [0.25, 0.3) is 11.4 Å². The molecule has 0 amide bonds. The number of benzene rings is 2. The molecule has 3 rings (SSSR count). The molecule has 2 aromatic carbocycles. The molecule has 0 aliphatic rings. The van der Waals surface area contributed by atoms with Crippen molar-refractivity contribution in [1.82, 2.24) is 4.98 Å². The van der Waals surface area contributed by atoms with Crippen LogP contribution in [0.4, 0.5) is 24.5 Å². The summed E-state index contributed by atoms with van der Waals surface area (Å²) in [4.78, 5) is 24.0. The summed E-state index contributed by atoms with van der Waals surface area (Å²) < 4.78 is 39.7. The van der Waals surface area contributed by atoms with Crippen LogP contribution in [0.1, 0.15) is 5.56 Å². The van der Waals surface area contributed by atoms with Gasteiger partial charge in [-0.15, -0.1) is 11.3 Å². The molecule has 26 heavy (non-hydrogen) atoms. The number of nitrogens with zero attached hydrogens (tertiary/aromatic N) is 3. The molecule has 12 heteroatoms. The van der Waals surface area contributed by atoms with Gasteiger partial charge in [-0.05, 0) is 23.9 Å². The second-order valence-electron chi connectivity index (χ2n) is 4.91. The maximum atomic E-state index is 12.9. The molecule has 0 radical (unpaired) electrons. The Hall–Kier alpha value is -2.73. The quantitative estimate of drug-likeness (QED) is 0.435. The number of hydrogen-bond acceptors (Lipinski definition) is 7. The molecule has 0 N–H and O–H groups in total. The number of hydrogen-bond donors (Lipinski definition) is 0. The maximum absolute atomic E-state index is 12.9. The minimum absolute atomic E-state index is 0.247. The van der Waals surface area contributed by atoms with Crippen molar-refractivity contribution in [2.45, 2.75) is 15.4 Å². The van der Waals surface area contributed by atoms with E-state index in [1.165, 1.54) is 0 Å². The molecule has 7 nitrogen and oxygen atoms in total. The standard InChI is InChI=1S/C14H6F3N3O4S2/c15-14(16,17)7-5-9(19(21)22)12(10(6-7)20(23)24)26-13-18-8-3-1-2-4-11(8)25-13/h1-6H. The molecule has 0 bridgehead atoms. The number of aromatic nitrogens is 1. The summed E-state index contributed by atoms with van der Waals surface area (Å²) in [6, 6.07) is 7.49. The van der Waals surface area contributed by atoms with Gasteiger partial charge in [-0.25, -0.2) is 4.98 Å². The predicted octanol–water partition coefficient (Wildman–Crippen LogP) is 5.28. The van der Waals surface area contributed by atoms with E-state index in [4.69, 9.17) is 0 Å². The lowest BCUT2D eigenvalue weighted by molar-refractivity contribution is -0.400. The Kier molecular flexibility index (Phi) is 4.54. The molecule has 0 fully saturated rings. The second kappa shape index (κ2) is 6.53. The Morgan fingerprint density at radius 2 is 1.62 bits per heavy atom. The van der Waals surface area contributed by atoms with E-state index in [1.54, 1.807) is 24.3 Å². The van der Waals surface area contributed by atoms with E-state index >= 15 is 0 Å². The van der Waals surface area contributed by atoms with E-state index in [9.17, 15) is 33.4 Å². The van der Waals surface area contributed by atoms with Crippen LogP contribution in [0.25, 0.3) is 10.2 Å². The molecule has 0 saturated heterocycles. The van der Waals surface area contributed by atoms with Crippen LogP contribution in [-0.2, 0) is 6.18 Å². The summed E-state index contributed by atoms with van der Waals surface area (Å²) in [5.41, 5.74) is -2.85. The van der Waals surface area contributed by atoms with Crippen molar-refractivity contribution >= 4 is 44.7 Å². The fourth-order valence-corrected chi connectivity index (χ4v) is 4.30. The smallest absolute Gasteiger partial charge is 0.258 e. The summed E-state index contributed by atoms with van der Waals surface area (Å²) in [5.74, 6) is 0. The fourth-order valence-electron chi connectivity index (χ4n) is 2.12. The largest absolute Gasteiger partial charge is 0.416 e. The zero-order chi connectivity index (χ0) is 19.1. The van der Waals surface area contributed by atoms with Crippen LogP contribution < -0.4 is 0 Å². The molecular formula is C14H6F3N3O4S2. The number of alkyl halides is 3. The minimum Gasteiger partial charge on any atom is -0.258 e. The Balaban J connectivity index is 2.17. The van der Waals surface area contributed by atoms with Crippen LogP contribution in [0, 0.1) is 20.2 Å². The van der Waals surface area contributed by atoms with E-state index in [-0.39, 0.29) is 4.34 Å². The first-order chi connectivity index (χ1) is 12.2. The Morgan fingerprint density at radius 3 is 2.12 bits per heavy atom. The van der Waals surface area contributed by atoms with Gasteiger partial charge in [0.1, 0.15) is 0 Å². The van der Waals surface area contributed by atoms with E-state index < -0.39 is 37.9 Å². The summed E-state index contributed by atoms with van der Waals surface area (Å²) in [5, 5.41) is 22.4. The van der Waals surface area contributed by atoms with Gasteiger partial charge in [0.05, 0.1) is 25.6 Å². The van der Waals surface area contributed by atoms with Gasteiger partial charge in [0.15, 0.2) is 9.24 Å². The van der Waals surface area contributed by atoms with Gasteiger partial charge in [0, 0.05) is 12.1 Å². The Morgan fingerprint density at radius 1 is 1.04 bits per heavy atom. The molecule has 0 saturated carbocycles. The molecule has 3 aromatic rings. The summed E-state index contributed by atoms with van der Waals surface area (Å²) in [6.07, 6.45) is -4.95. The average Bonchev–Trinajstić information content (AvgIpc) is 2.95. The van der Waals surface area contributed by atoms with Crippen molar-refractivity contribution in [3.05, 3.63) is 62.2 Å². The van der Waals surface area contributed by atoms with E-state index in [0.29, 0.717) is 29.4 Å². The number of nitro benzene ring substituents is 2. The SMILES string of the molecule is O=[N+]([O-])c1cc(C(F)(F)F)cc([N+](=O)[O-])c1Sc1nc2ccccc2s1. The van der Waals surface area contributed by atoms with Crippen molar-refractivity contribution in [3.63, 3.8) is 0 Å². The lowest BCUT2D eigenvalue weighted by atomic mass is 10.1. The van der Waals surface area contributed by atoms with Gasteiger partial charge in [0.2, 0.25) is 0 Å². The average molecular weight is 401 g/mol. The number of halogens is 3. The number of para-hydroxylation sites is 1. The number of nitro groups is 2. The molecule has 0 aliphatic heterocycles. The third-order valence-corrected chi connectivity index (χ3v) is 5.45. The highest BCUT2D eigenvalue weighted by molar-refractivity contribution is 8.01. The first-order valence-corrected chi connectivity index (χ1v) is 8.37. The topological polar surface area (TPSA) is 99.2 Å². The van der Waals surface area contributed by atoms with Crippen molar-refractivity contribution in [2.24, 2.45) is 0 Å². The van der Waals surface area contributed by atoms with E-state index in [1.807, 2.05) is 0 Å². The van der Waals surface area contributed by atoms with Gasteiger partial charge >= 0.3 is 6.18 Å². The lowest BCUT2D eigenvalue weighted by Gasteiger charge is -2.08. The molecule has 0 spiro atoms. The lowest BCUT2D eigenvalue weighted by Crippen LogP contribution is -2.08. The highest BCUT2D eigenvalue weighted by atomic mass is 32.2. The molecule has 1 aromatic heterocycles. The second-order valence-corrected chi connectivity index (χ2v) is 7.19. The highest BCUT2D eigenvalue weighted by Crippen LogP contribution is 2.46. The predicted molar refractivity (Wildman–Crippen MR) is 88.5 cm³/mol. The molecule has 0 aliphatic carbocycles. The van der Waals surface area contributed by atoms with Crippen LogP contribution in [-0.4, -0.2) is 14.8 Å². The van der Waals surface area contributed by atoms with Crippen LogP contribution in [0.2, 0.25) is 0 Å². The number of rotatable bonds is 4. The van der Waals surface area contributed by atoms with E-state index in [2.05, 4.69) is 4.98 Å². The number of thiazole rings is 1. The maximum Gasteiger partial charge on any atom is 0.416 e. The summed E-state index contributed by atoms with van der Waals surface area (Å²) in [6.45, 7) is 0. The first kappa shape index (κ1) is 18.1. The zero-order valence-electron chi connectivity index (χ0n) is 12.4. The van der Waals surface area contributed by atoms with Crippen LogP contribution in [0.3, 0.4) is 0 Å². The molecular weight excluding hydrogens is 395 g/mol. The minimum atomic E-state index is -4.95. The van der Waals surface area contributed by atoms with Crippen molar-refractivity contribution in [3.8, 4) is 0 Å². The van der Waals surface area contributed by atoms with Crippen LogP contribution in [0.5, 0.6) is 0 Å². The molecule has 0 unspecified atom stereocenters. The Bertz CT molecular complexity index is 968. The normalized spacial score (nSPS) is 11.7.